The lowest BCUT2D eigenvalue weighted by Crippen LogP contribution is -2.31. The van der Waals surface area contributed by atoms with Gasteiger partial charge in [0.15, 0.2) is 0 Å². The first-order valence-electron chi connectivity index (χ1n) is 7.89. The summed E-state index contributed by atoms with van der Waals surface area (Å²) in [5.74, 6) is 0.774. The van der Waals surface area contributed by atoms with Gasteiger partial charge in [0.25, 0.3) is 0 Å². The number of carbonyl (C=O) groups is 1. The molecular weight excluding hydrogens is 340 g/mol. The number of benzene rings is 2. The average molecular weight is 365 g/mol. The number of nitrogens with two attached hydrogens (primary N) is 1. The molecule has 0 aromatic heterocycles. The highest BCUT2D eigenvalue weighted by Gasteiger charge is 2.10. The van der Waals surface area contributed by atoms with Gasteiger partial charge in [-0.15, -0.1) is 12.4 Å². The van der Waals surface area contributed by atoms with Crippen molar-refractivity contribution in [2.75, 3.05) is 20.8 Å². The average Bonchev–Trinajstić information content (AvgIpc) is 2.65. The van der Waals surface area contributed by atoms with Crippen LogP contribution in [0.4, 0.5) is 0 Å². The Morgan fingerprint density at radius 2 is 1.60 bits per heavy atom. The number of carbonyl (C=O) groups excluding carboxylic acids is 1. The third kappa shape index (κ3) is 6.38. The van der Waals surface area contributed by atoms with Gasteiger partial charge >= 0.3 is 0 Å². The molecule has 0 aliphatic carbocycles. The molecule has 0 saturated heterocycles. The minimum atomic E-state index is -0.234. The summed E-state index contributed by atoms with van der Waals surface area (Å²) in [6.45, 7) is 0.823. The van der Waals surface area contributed by atoms with Gasteiger partial charge in [-0.3, -0.25) is 4.79 Å². The molecule has 2 aromatic carbocycles. The fraction of sp³-hybridized carbons (Fsp3) is 0.316. The van der Waals surface area contributed by atoms with E-state index in [9.17, 15) is 4.79 Å². The van der Waals surface area contributed by atoms with Crippen molar-refractivity contribution in [3.8, 4) is 16.9 Å². The lowest BCUT2D eigenvalue weighted by atomic mass is 10.0. The smallest absolute Gasteiger partial charge is 0.222 e. The minimum Gasteiger partial charge on any atom is -0.497 e. The van der Waals surface area contributed by atoms with E-state index in [-0.39, 0.29) is 30.8 Å². The molecule has 1 atom stereocenters. The first-order valence-corrected chi connectivity index (χ1v) is 7.89. The zero-order valence-electron chi connectivity index (χ0n) is 14.5. The quantitative estimate of drug-likeness (QED) is 0.755. The monoisotopic (exact) mass is 364 g/mol. The predicted octanol–water partition coefficient (Wildman–Crippen LogP) is 2.76. The number of rotatable bonds is 8. The lowest BCUT2D eigenvalue weighted by Gasteiger charge is -2.12. The second kappa shape index (κ2) is 10.7. The molecule has 0 spiro atoms. The van der Waals surface area contributed by atoms with Crippen molar-refractivity contribution in [3.63, 3.8) is 0 Å². The van der Waals surface area contributed by atoms with Crippen molar-refractivity contribution in [2.45, 2.75) is 19.1 Å². The Hall–Kier alpha value is -2.08. The second-order valence-electron chi connectivity index (χ2n) is 5.50. The summed E-state index contributed by atoms with van der Waals surface area (Å²) < 4.78 is 10.3. The van der Waals surface area contributed by atoms with Gasteiger partial charge < -0.3 is 20.5 Å². The zero-order valence-corrected chi connectivity index (χ0v) is 15.3. The van der Waals surface area contributed by atoms with Gasteiger partial charge in [0.2, 0.25) is 5.91 Å². The Bertz CT molecular complexity index is 641. The normalized spacial score (nSPS) is 11.3. The van der Waals surface area contributed by atoms with Crippen molar-refractivity contribution < 1.29 is 14.3 Å². The first-order chi connectivity index (χ1) is 11.7. The number of methoxy groups -OCH3 is 2. The van der Waals surface area contributed by atoms with Crippen LogP contribution in [0.5, 0.6) is 5.75 Å². The topological polar surface area (TPSA) is 73.6 Å². The van der Waals surface area contributed by atoms with Gasteiger partial charge in [-0.05, 0) is 28.8 Å². The molecule has 0 saturated carbocycles. The summed E-state index contributed by atoms with van der Waals surface area (Å²) in [6.07, 6.45) is 0.0409. The maximum absolute atomic E-state index is 11.8. The summed E-state index contributed by atoms with van der Waals surface area (Å²) in [4.78, 5) is 11.8. The van der Waals surface area contributed by atoms with Gasteiger partial charge in [-0.25, -0.2) is 0 Å². The SMILES string of the molecule is COc1ccc(-c2ccc(CNC(=O)CC(CN)OC)cc2)cc1.Cl. The Labute approximate surface area is 154 Å². The first kappa shape index (κ1) is 21.0. The number of hydrogen-bond donors (Lipinski definition) is 2. The molecule has 136 valence electrons. The van der Waals surface area contributed by atoms with E-state index in [0.29, 0.717) is 13.1 Å². The summed E-state index contributed by atoms with van der Waals surface area (Å²) in [5.41, 5.74) is 8.80. The molecule has 2 rings (SSSR count). The molecule has 6 heteroatoms. The molecule has 0 fully saturated rings. The highest BCUT2D eigenvalue weighted by atomic mass is 35.5. The minimum absolute atomic E-state index is 0. The molecule has 2 aromatic rings. The van der Waals surface area contributed by atoms with Crippen LogP contribution >= 0.6 is 12.4 Å². The predicted molar refractivity (Wildman–Crippen MR) is 102 cm³/mol. The molecule has 1 amide bonds. The van der Waals surface area contributed by atoms with Crippen LogP contribution in [0.3, 0.4) is 0 Å². The van der Waals surface area contributed by atoms with Gasteiger partial charge in [-0.2, -0.15) is 0 Å². The summed E-state index contributed by atoms with van der Waals surface area (Å²) in [5, 5.41) is 2.88. The van der Waals surface area contributed by atoms with Crippen LogP contribution in [-0.4, -0.2) is 32.8 Å². The van der Waals surface area contributed by atoms with E-state index >= 15 is 0 Å². The number of ether oxygens (including phenoxy) is 2. The van der Waals surface area contributed by atoms with Crippen molar-refractivity contribution in [1.82, 2.24) is 5.32 Å². The van der Waals surface area contributed by atoms with Crippen LogP contribution in [-0.2, 0) is 16.1 Å². The van der Waals surface area contributed by atoms with E-state index in [2.05, 4.69) is 5.32 Å². The van der Waals surface area contributed by atoms with Crippen molar-refractivity contribution >= 4 is 18.3 Å². The Kier molecular flexibility index (Phi) is 8.99. The largest absolute Gasteiger partial charge is 0.497 e. The van der Waals surface area contributed by atoms with Crippen LogP contribution in [0.15, 0.2) is 48.5 Å². The highest BCUT2D eigenvalue weighted by molar-refractivity contribution is 5.85. The Balaban J connectivity index is 0.00000312. The molecule has 5 nitrogen and oxygen atoms in total. The van der Waals surface area contributed by atoms with Crippen molar-refractivity contribution in [3.05, 3.63) is 54.1 Å². The zero-order chi connectivity index (χ0) is 17.4. The van der Waals surface area contributed by atoms with E-state index in [1.54, 1.807) is 14.2 Å². The van der Waals surface area contributed by atoms with Crippen molar-refractivity contribution in [2.24, 2.45) is 5.73 Å². The fourth-order valence-corrected chi connectivity index (χ4v) is 2.34. The van der Waals surface area contributed by atoms with E-state index in [0.717, 1.165) is 22.4 Å². The van der Waals surface area contributed by atoms with Crippen LogP contribution in [0.2, 0.25) is 0 Å². The van der Waals surface area contributed by atoms with Gasteiger partial charge in [-0.1, -0.05) is 36.4 Å². The van der Waals surface area contributed by atoms with E-state index in [1.807, 2.05) is 48.5 Å². The highest BCUT2D eigenvalue weighted by Crippen LogP contribution is 2.22. The fourth-order valence-electron chi connectivity index (χ4n) is 2.34. The standard InChI is InChI=1S/C19H24N2O3.ClH/c1-23-17-9-7-16(8-10-17)15-5-3-14(4-6-15)13-21-19(22)11-18(12-20)24-2;/h3-10,18H,11-13,20H2,1-2H3,(H,21,22);1H. The summed E-state index contributed by atoms with van der Waals surface area (Å²) in [6, 6.07) is 16.0. The summed E-state index contributed by atoms with van der Waals surface area (Å²) >= 11 is 0. The molecule has 0 aliphatic heterocycles. The van der Waals surface area contributed by atoms with Crippen LogP contribution < -0.4 is 15.8 Å². The van der Waals surface area contributed by atoms with Crippen molar-refractivity contribution in [1.29, 1.82) is 0 Å². The molecule has 0 radical (unpaired) electrons. The van der Waals surface area contributed by atoms with Gasteiger partial charge in [0.1, 0.15) is 5.75 Å². The molecule has 25 heavy (non-hydrogen) atoms. The van der Waals surface area contributed by atoms with E-state index in [1.165, 1.54) is 0 Å². The molecule has 1 unspecified atom stereocenters. The number of nitrogens with one attached hydrogen (secondary N) is 1. The maximum Gasteiger partial charge on any atom is 0.222 e. The molecule has 0 aliphatic rings. The maximum atomic E-state index is 11.8. The van der Waals surface area contributed by atoms with Gasteiger partial charge in [0.05, 0.1) is 19.6 Å². The van der Waals surface area contributed by atoms with Crippen LogP contribution in [0, 0.1) is 0 Å². The molecular formula is C19H25ClN2O3. The van der Waals surface area contributed by atoms with Crippen LogP contribution in [0.1, 0.15) is 12.0 Å². The Morgan fingerprint density at radius 1 is 1.04 bits per heavy atom. The lowest BCUT2D eigenvalue weighted by molar-refractivity contribution is -0.123. The third-order valence-electron chi connectivity index (χ3n) is 3.88. The van der Waals surface area contributed by atoms with E-state index in [4.69, 9.17) is 15.2 Å². The van der Waals surface area contributed by atoms with E-state index < -0.39 is 0 Å². The number of halogens is 1. The summed E-state index contributed by atoms with van der Waals surface area (Å²) in [7, 11) is 3.21. The second-order valence-corrected chi connectivity index (χ2v) is 5.50. The molecule has 0 bridgehead atoms. The molecule has 3 N–H and O–H groups in total. The molecule has 0 heterocycles. The van der Waals surface area contributed by atoms with Gasteiger partial charge in [0, 0.05) is 20.2 Å². The number of hydrogen-bond acceptors (Lipinski definition) is 4. The Morgan fingerprint density at radius 3 is 2.08 bits per heavy atom. The number of amides is 1. The third-order valence-corrected chi connectivity index (χ3v) is 3.88. The van der Waals surface area contributed by atoms with Crippen LogP contribution in [0.25, 0.3) is 11.1 Å².